The summed E-state index contributed by atoms with van der Waals surface area (Å²) in [4.78, 5) is 0. The normalized spacial score (nSPS) is 10.6. The lowest BCUT2D eigenvalue weighted by molar-refractivity contribution is 0.480. The first-order valence-electron chi connectivity index (χ1n) is 3.40. The molecule has 0 atom stereocenters. The van der Waals surface area contributed by atoms with Gasteiger partial charge >= 0.3 is 0 Å². The minimum Gasteiger partial charge on any atom is -0.506 e. The second kappa shape index (κ2) is 1.99. The predicted molar refractivity (Wildman–Crippen MR) is 42.5 cm³/mol. The Bertz CT molecular complexity index is 356. The SMILES string of the molecule is Cc1ccc(O)c2[nH]ncc12. The van der Waals surface area contributed by atoms with Crippen molar-refractivity contribution in [3.63, 3.8) is 0 Å². The molecule has 2 aromatic rings. The molecule has 0 bridgehead atoms. The topological polar surface area (TPSA) is 48.9 Å². The number of nitrogens with one attached hydrogen (secondary N) is 1. The molecular formula is C8H8N2O. The molecule has 0 spiro atoms. The second-order valence-corrected chi connectivity index (χ2v) is 2.56. The number of phenols is 1. The van der Waals surface area contributed by atoms with E-state index in [2.05, 4.69) is 10.2 Å². The van der Waals surface area contributed by atoms with Crippen LogP contribution >= 0.6 is 0 Å². The number of H-pyrrole nitrogens is 1. The maximum Gasteiger partial charge on any atom is 0.141 e. The average molecular weight is 148 g/mol. The lowest BCUT2D eigenvalue weighted by atomic mass is 10.1. The molecule has 2 rings (SSSR count). The summed E-state index contributed by atoms with van der Waals surface area (Å²) in [5.74, 6) is 0.253. The quantitative estimate of drug-likeness (QED) is 0.595. The maximum atomic E-state index is 9.31. The molecule has 1 aromatic heterocycles. The molecule has 0 aliphatic rings. The standard InChI is InChI=1S/C8H8N2O/c1-5-2-3-7(11)8-6(5)4-9-10-8/h2-4,11H,1H3,(H,9,10). The molecule has 2 N–H and O–H groups in total. The van der Waals surface area contributed by atoms with Crippen LogP contribution in [0.1, 0.15) is 5.56 Å². The first-order chi connectivity index (χ1) is 5.29. The molecule has 0 aliphatic heterocycles. The smallest absolute Gasteiger partial charge is 0.141 e. The van der Waals surface area contributed by atoms with Crippen LogP contribution < -0.4 is 0 Å². The van der Waals surface area contributed by atoms with Crippen molar-refractivity contribution in [3.05, 3.63) is 23.9 Å². The van der Waals surface area contributed by atoms with Crippen LogP contribution in [0.15, 0.2) is 18.3 Å². The van der Waals surface area contributed by atoms with Gasteiger partial charge in [0.2, 0.25) is 0 Å². The monoisotopic (exact) mass is 148 g/mol. The van der Waals surface area contributed by atoms with E-state index in [0.29, 0.717) is 5.52 Å². The molecule has 11 heavy (non-hydrogen) atoms. The van der Waals surface area contributed by atoms with E-state index in [1.54, 1.807) is 12.3 Å². The summed E-state index contributed by atoms with van der Waals surface area (Å²) in [6.45, 7) is 1.98. The van der Waals surface area contributed by atoms with Crippen LogP contribution in [0.2, 0.25) is 0 Å². The Morgan fingerprint density at radius 2 is 2.27 bits per heavy atom. The molecule has 3 heteroatoms. The summed E-state index contributed by atoms with van der Waals surface area (Å²) in [6, 6.07) is 3.53. The van der Waals surface area contributed by atoms with E-state index in [4.69, 9.17) is 0 Å². The van der Waals surface area contributed by atoms with Gasteiger partial charge < -0.3 is 5.11 Å². The highest BCUT2D eigenvalue weighted by atomic mass is 16.3. The summed E-state index contributed by atoms with van der Waals surface area (Å²) in [6.07, 6.45) is 1.71. The number of benzene rings is 1. The number of fused-ring (bicyclic) bond motifs is 1. The maximum absolute atomic E-state index is 9.31. The number of phenolic OH excluding ortho intramolecular Hbond substituents is 1. The van der Waals surface area contributed by atoms with E-state index in [-0.39, 0.29) is 5.75 Å². The van der Waals surface area contributed by atoms with Crippen LogP contribution in [0.25, 0.3) is 10.9 Å². The van der Waals surface area contributed by atoms with E-state index in [1.807, 2.05) is 13.0 Å². The number of aromatic hydroxyl groups is 1. The lowest BCUT2D eigenvalue weighted by Crippen LogP contribution is -1.74. The first-order valence-corrected chi connectivity index (χ1v) is 3.40. The van der Waals surface area contributed by atoms with Crippen LogP contribution in [-0.2, 0) is 0 Å². The van der Waals surface area contributed by atoms with Crippen molar-refractivity contribution >= 4 is 10.9 Å². The Kier molecular flexibility index (Phi) is 1.12. The molecule has 0 radical (unpaired) electrons. The van der Waals surface area contributed by atoms with Gasteiger partial charge in [-0.15, -0.1) is 0 Å². The zero-order chi connectivity index (χ0) is 7.84. The Morgan fingerprint density at radius 1 is 1.45 bits per heavy atom. The summed E-state index contributed by atoms with van der Waals surface area (Å²) >= 11 is 0. The fourth-order valence-corrected chi connectivity index (χ4v) is 1.16. The summed E-state index contributed by atoms with van der Waals surface area (Å²) < 4.78 is 0. The molecule has 0 unspecified atom stereocenters. The zero-order valence-corrected chi connectivity index (χ0v) is 6.13. The minimum atomic E-state index is 0.253. The van der Waals surface area contributed by atoms with Gasteiger partial charge in [-0.1, -0.05) is 6.07 Å². The fourth-order valence-electron chi connectivity index (χ4n) is 1.16. The van der Waals surface area contributed by atoms with Crippen molar-refractivity contribution in [2.24, 2.45) is 0 Å². The highest BCUT2D eigenvalue weighted by Gasteiger charge is 2.02. The summed E-state index contributed by atoms with van der Waals surface area (Å²) in [5.41, 5.74) is 1.83. The van der Waals surface area contributed by atoms with E-state index >= 15 is 0 Å². The Hall–Kier alpha value is -1.51. The molecule has 3 nitrogen and oxygen atoms in total. The van der Waals surface area contributed by atoms with Gasteiger partial charge in [0.25, 0.3) is 0 Å². The molecule has 1 aromatic carbocycles. The van der Waals surface area contributed by atoms with Gasteiger partial charge in [0.15, 0.2) is 0 Å². The lowest BCUT2D eigenvalue weighted by Gasteiger charge is -1.95. The molecule has 56 valence electrons. The molecule has 0 amide bonds. The van der Waals surface area contributed by atoms with Crippen molar-refractivity contribution in [1.29, 1.82) is 0 Å². The number of hydrogen-bond donors (Lipinski definition) is 2. The molecular weight excluding hydrogens is 140 g/mol. The van der Waals surface area contributed by atoms with Gasteiger partial charge in [0.1, 0.15) is 11.3 Å². The van der Waals surface area contributed by atoms with Gasteiger partial charge in [-0.2, -0.15) is 5.10 Å². The van der Waals surface area contributed by atoms with E-state index in [1.165, 1.54) is 0 Å². The van der Waals surface area contributed by atoms with Crippen molar-refractivity contribution in [1.82, 2.24) is 10.2 Å². The van der Waals surface area contributed by atoms with Crippen molar-refractivity contribution < 1.29 is 5.11 Å². The summed E-state index contributed by atoms with van der Waals surface area (Å²) in [5, 5.41) is 16.9. The molecule has 1 heterocycles. The number of hydrogen-bond acceptors (Lipinski definition) is 2. The van der Waals surface area contributed by atoms with Gasteiger partial charge in [0, 0.05) is 5.39 Å². The number of aromatic nitrogens is 2. The van der Waals surface area contributed by atoms with Gasteiger partial charge in [-0.05, 0) is 18.6 Å². The average Bonchev–Trinajstić information content (AvgIpc) is 2.45. The third kappa shape index (κ3) is 0.774. The molecule has 0 fully saturated rings. The van der Waals surface area contributed by atoms with Gasteiger partial charge in [-0.25, -0.2) is 0 Å². The number of nitrogens with zero attached hydrogens (tertiary/aromatic N) is 1. The third-order valence-electron chi connectivity index (χ3n) is 1.81. The molecule has 0 aliphatic carbocycles. The predicted octanol–water partition coefficient (Wildman–Crippen LogP) is 1.58. The van der Waals surface area contributed by atoms with Crippen molar-refractivity contribution in [3.8, 4) is 5.75 Å². The van der Waals surface area contributed by atoms with E-state index in [0.717, 1.165) is 10.9 Å². The van der Waals surface area contributed by atoms with Crippen molar-refractivity contribution in [2.75, 3.05) is 0 Å². The highest BCUT2D eigenvalue weighted by molar-refractivity contribution is 5.86. The van der Waals surface area contributed by atoms with Crippen LogP contribution in [0.3, 0.4) is 0 Å². The summed E-state index contributed by atoms with van der Waals surface area (Å²) in [7, 11) is 0. The number of aryl methyl sites for hydroxylation is 1. The minimum absolute atomic E-state index is 0.253. The zero-order valence-electron chi connectivity index (χ0n) is 6.13. The molecule has 0 saturated carbocycles. The van der Waals surface area contributed by atoms with Gasteiger partial charge in [0.05, 0.1) is 6.20 Å². The third-order valence-corrected chi connectivity index (χ3v) is 1.81. The second-order valence-electron chi connectivity index (χ2n) is 2.56. The van der Waals surface area contributed by atoms with Gasteiger partial charge in [-0.3, -0.25) is 5.10 Å². The number of rotatable bonds is 0. The van der Waals surface area contributed by atoms with Crippen LogP contribution in [-0.4, -0.2) is 15.3 Å². The Balaban J connectivity index is 2.96. The van der Waals surface area contributed by atoms with E-state index in [9.17, 15) is 5.11 Å². The van der Waals surface area contributed by atoms with Crippen LogP contribution in [0.5, 0.6) is 5.75 Å². The van der Waals surface area contributed by atoms with E-state index < -0.39 is 0 Å². The molecule has 0 saturated heterocycles. The fraction of sp³-hybridized carbons (Fsp3) is 0.125. The van der Waals surface area contributed by atoms with Crippen LogP contribution in [0.4, 0.5) is 0 Å². The first kappa shape index (κ1) is 6.22. The van der Waals surface area contributed by atoms with Crippen molar-refractivity contribution in [2.45, 2.75) is 6.92 Å². The number of aromatic amines is 1. The Labute approximate surface area is 63.7 Å². The van der Waals surface area contributed by atoms with Crippen LogP contribution in [0, 0.1) is 6.92 Å². The highest BCUT2D eigenvalue weighted by Crippen LogP contribution is 2.24. The Morgan fingerprint density at radius 3 is 3.00 bits per heavy atom. The largest absolute Gasteiger partial charge is 0.506 e.